The first-order chi connectivity index (χ1) is 9.68. The highest BCUT2D eigenvalue weighted by Crippen LogP contribution is 1.84. The molecule has 0 aliphatic rings. The third kappa shape index (κ3) is 25.8. The summed E-state index contributed by atoms with van der Waals surface area (Å²) < 4.78 is 20.2. The van der Waals surface area contributed by atoms with Crippen LogP contribution in [0.3, 0.4) is 0 Å². The number of carbonyl (C=O) groups is 1. The Hall–Kier alpha value is -0.910. The molecule has 0 aliphatic heterocycles. The van der Waals surface area contributed by atoms with E-state index in [4.69, 9.17) is 14.2 Å². The molecule has 0 heterocycles. The number of rotatable bonds is 12. The van der Waals surface area contributed by atoms with Crippen LogP contribution in [0, 0.1) is 0 Å². The van der Waals surface area contributed by atoms with Crippen molar-refractivity contribution < 1.29 is 23.7 Å². The quantitative estimate of drug-likeness (QED) is 0.314. The topological polar surface area (TPSA) is 54.0 Å². The Morgan fingerprint density at radius 3 is 1.55 bits per heavy atom. The van der Waals surface area contributed by atoms with Gasteiger partial charge in [0.2, 0.25) is 0 Å². The molecule has 0 atom stereocenters. The van der Waals surface area contributed by atoms with Crippen LogP contribution in [-0.2, 0) is 23.7 Å². The van der Waals surface area contributed by atoms with Gasteiger partial charge in [0, 0.05) is 20.1 Å². The number of hydrogen-bond acceptors (Lipinski definition) is 5. The summed E-state index contributed by atoms with van der Waals surface area (Å²) in [6.07, 6.45) is 3.67. The first kappa shape index (κ1) is 21.4. The van der Waals surface area contributed by atoms with Crippen LogP contribution in [0.2, 0.25) is 0 Å². The Morgan fingerprint density at radius 2 is 1.30 bits per heavy atom. The fourth-order valence-electron chi connectivity index (χ4n) is 1.01. The molecule has 0 radical (unpaired) electrons. The Kier molecular flexibility index (Phi) is 21.8. The lowest BCUT2D eigenvalue weighted by atomic mass is 10.5. The molecule has 0 amide bonds. The molecular weight excluding hydrogens is 260 g/mol. The average Bonchev–Trinajstić information content (AvgIpc) is 2.44. The molecule has 0 unspecified atom stereocenters. The van der Waals surface area contributed by atoms with E-state index in [-0.39, 0.29) is 5.97 Å². The van der Waals surface area contributed by atoms with Crippen molar-refractivity contribution in [3.05, 3.63) is 12.7 Å². The van der Waals surface area contributed by atoms with Gasteiger partial charge in [-0.2, -0.15) is 0 Å². The summed E-state index contributed by atoms with van der Waals surface area (Å²) in [4.78, 5) is 9.93. The zero-order valence-electron chi connectivity index (χ0n) is 13.2. The summed E-state index contributed by atoms with van der Waals surface area (Å²) >= 11 is 0. The lowest BCUT2D eigenvalue weighted by molar-refractivity contribution is -0.139. The van der Waals surface area contributed by atoms with E-state index in [1.165, 1.54) is 13.0 Å². The zero-order valence-corrected chi connectivity index (χ0v) is 13.2. The molecule has 0 fully saturated rings. The van der Waals surface area contributed by atoms with E-state index in [9.17, 15) is 4.79 Å². The number of esters is 1. The van der Waals surface area contributed by atoms with Crippen LogP contribution < -0.4 is 0 Å². The van der Waals surface area contributed by atoms with Crippen molar-refractivity contribution in [1.29, 1.82) is 0 Å². The van der Waals surface area contributed by atoms with Crippen LogP contribution in [-0.4, -0.2) is 52.2 Å². The smallest absolute Gasteiger partial charge is 0.302 e. The van der Waals surface area contributed by atoms with Crippen molar-refractivity contribution in [2.45, 2.75) is 33.6 Å². The lowest BCUT2D eigenvalue weighted by Gasteiger charge is -2.05. The highest BCUT2D eigenvalue weighted by molar-refractivity contribution is 5.65. The number of hydrogen-bond donors (Lipinski definition) is 0. The molecule has 0 rings (SSSR count). The Bertz CT molecular complexity index is 196. The Labute approximate surface area is 123 Å². The number of ether oxygens (including phenoxy) is 4. The monoisotopic (exact) mass is 290 g/mol. The van der Waals surface area contributed by atoms with Gasteiger partial charge in [0.15, 0.2) is 0 Å². The normalized spacial score (nSPS) is 9.55. The fourth-order valence-corrected chi connectivity index (χ4v) is 1.01. The van der Waals surface area contributed by atoms with Gasteiger partial charge in [0.05, 0.1) is 26.4 Å². The second-order valence-electron chi connectivity index (χ2n) is 3.93. The molecule has 0 bridgehead atoms. The minimum atomic E-state index is -0.264. The predicted molar refractivity (Wildman–Crippen MR) is 79.9 cm³/mol. The van der Waals surface area contributed by atoms with E-state index < -0.39 is 0 Å². The average molecular weight is 290 g/mol. The standard InChI is InChI=1S/C10H22O3.C5H8O2/c1-3-5-11-7-9-13-10-8-12-6-4-2;1-3-4-7-5(2)6/h3-10H2,1-2H3;3H,1,4H2,2H3. The molecule has 0 N–H and O–H groups in total. The van der Waals surface area contributed by atoms with E-state index in [0.717, 1.165) is 26.1 Å². The minimum absolute atomic E-state index is 0.264. The van der Waals surface area contributed by atoms with Crippen LogP contribution in [0.4, 0.5) is 0 Å². The first-order valence-corrected chi connectivity index (χ1v) is 7.16. The Morgan fingerprint density at radius 1 is 0.900 bits per heavy atom. The molecule has 0 aliphatic carbocycles. The largest absolute Gasteiger partial charge is 0.462 e. The molecule has 5 nitrogen and oxygen atoms in total. The maximum Gasteiger partial charge on any atom is 0.302 e. The van der Waals surface area contributed by atoms with E-state index >= 15 is 0 Å². The van der Waals surface area contributed by atoms with E-state index in [1.54, 1.807) is 0 Å². The van der Waals surface area contributed by atoms with Crippen LogP contribution in [0.1, 0.15) is 33.6 Å². The van der Waals surface area contributed by atoms with Gasteiger partial charge < -0.3 is 18.9 Å². The van der Waals surface area contributed by atoms with Gasteiger partial charge in [0.1, 0.15) is 6.61 Å². The van der Waals surface area contributed by atoms with Crippen molar-refractivity contribution in [2.75, 3.05) is 46.2 Å². The summed E-state index contributed by atoms with van der Waals surface area (Å²) in [7, 11) is 0. The molecule has 5 heteroatoms. The Balaban J connectivity index is 0. The molecule has 0 saturated heterocycles. The molecule has 0 saturated carbocycles. The maximum atomic E-state index is 9.93. The van der Waals surface area contributed by atoms with Crippen LogP contribution in [0.15, 0.2) is 12.7 Å². The van der Waals surface area contributed by atoms with Gasteiger partial charge in [-0.15, -0.1) is 0 Å². The fraction of sp³-hybridized carbons (Fsp3) is 0.800. The highest BCUT2D eigenvalue weighted by Gasteiger charge is 1.89. The highest BCUT2D eigenvalue weighted by atomic mass is 16.5. The number of carbonyl (C=O) groups excluding carboxylic acids is 1. The van der Waals surface area contributed by atoms with Crippen molar-refractivity contribution in [1.82, 2.24) is 0 Å². The molecule has 0 spiro atoms. The van der Waals surface area contributed by atoms with Crippen molar-refractivity contribution in [2.24, 2.45) is 0 Å². The van der Waals surface area contributed by atoms with Gasteiger partial charge in [-0.05, 0) is 12.8 Å². The van der Waals surface area contributed by atoms with Gasteiger partial charge in [-0.25, -0.2) is 0 Å². The third-order valence-electron chi connectivity index (χ3n) is 1.85. The molecule has 120 valence electrons. The maximum absolute atomic E-state index is 9.93. The zero-order chi connectivity index (χ0) is 15.5. The van der Waals surface area contributed by atoms with E-state index in [0.29, 0.717) is 33.0 Å². The van der Waals surface area contributed by atoms with Crippen molar-refractivity contribution in [3.63, 3.8) is 0 Å². The minimum Gasteiger partial charge on any atom is -0.462 e. The summed E-state index contributed by atoms with van der Waals surface area (Å²) in [5.41, 5.74) is 0. The molecular formula is C15H30O5. The van der Waals surface area contributed by atoms with Gasteiger partial charge in [-0.1, -0.05) is 26.5 Å². The van der Waals surface area contributed by atoms with Gasteiger partial charge in [-0.3, -0.25) is 4.79 Å². The molecule has 0 aromatic rings. The summed E-state index contributed by atoms with van der Waals surface area (Å²) in [6.45, 7) is 13.6. The second-order valence-corrected chi connectivity index (χ2v) is 3.93. The van der Waals surface area contributed by atoms with Crippen LogP contribution >= 0.6 is 0 Å². The van der Waals surface area contributed by atoms with Crippen LogP contribution in [0.25, 0.3) is 0 Å². The van der Waals surface area contributed by atoms with Gasteiger partial charge >= 0.3 is 5.97 Å². The van der Waals surface area contributed by atoms with Gasteiger partial charge in [0.25, 0.3) is 0 Å². The first-order valence-electron chi connectivity index (χ1n) is 7.16. The molecule has 20 heavy (non-hydrogen) atoms. The van der Waals surface area contributed by atoms with E-state index in [1.807, 2.05) is 0 Å². The van der Waals surface area contributed by atoms with Crippen molar-refractivity contribution >= 4 is 5.97 Å². The summed E-state index contributed by atoms with van der Waals surface area (Å²) in [5.74, 6) is -0.264. The second kappa shape index (κ2) is 20.4. The summed E-state index contributed by atoms with van der Waals surface area (Å²) in [6, 6.07) is 0. The predicted octanol–water partition coefficient (Wildman–Crippen LogP) is 2.59. The lowest BCUT2D eigenvalue weighted by Crippen LogP contribution is -2.09. The van der Waals surface area contributed by atoms with Crippen LogP contribution in [0.5, 0.6) is 0 Å². The SMILES string of the molecule is C=CCOC(C)=O.CCCOCCOCCOCCC. The van der Waals surface area contributed by atoms with Crippen molar-refractivity contribution in [3.8, 4) is 0 Å². The molecule has 0 aromatic heterocycles. The molecule has 0 aromatic carbocycles. The van der Waals surface area contributed by atoms with E-state index in [2.05, 4.69) is 25.2 Å². The summed E-state index contributed by atoms with van der Waals surface area (Å²) in [5, 5.41) is 0. The third-order valence-corrected chi connectivity index (χ3v) is 1.85.